The molecule has 1 aromatic rings. The number of benzene rings is 1. The normalized spacial score (nSPS) is 25.7. The summed E-state index contributed by atoms with van der Waals surface area (Å²) in [6.07, 6.45) is 5.28. The van der Waals surface area contributed by atoms with Crippen molar-refractivity contribution < 1.29 is 19.2 Å². The number of carbonyl (C=O) groups is 4. The van der Waals surface area contributed by atoms with Crippen LogP contribution >= 0.6 is 0 Å². The third-order valence-corrected chi connectivity index (χ3v) is 5.58. The molecule has 0 aromatic heterocycles. The van der Waals surface area contributed by atoms with Crippen LogP contribution in [0.5, 0.6) is 0 Å². The van der Waals surface area contributed by atoms with Crippen molar-refractivity contribution in [1.82, 2.24) is 21.3 Å². The second-order valence-corrected chi connectivity index (χ2v) is 8.17. The standard InChI is InChI=1S/C24H34N4O4/c1-4-16(2)21-24(32)25-14-10-6-9-13-20(29)26-17(3)22(30)27-19(23(31)28-21)15-18-11-7-5-8-12-18/h5-8,10-12,16-17,19,21H,4,9,13-15H2,1-3H3,(H,25,32)(H,26,29)(H,27,30)(H,28,31)/b10-6-/t16-,17-,19-,21-/m0/s1. The molecule has 4 N–H and O–H groups in total. The quantitative estimate of drug-likeness (QED) is 0.525. The highest BCUT2D eigenvalue weighted by Crippen LogP contribution is 2.10. The number of nitrogens with one attached hydrogen (secondary N) is 4. The molecule has 1 heterocycles. The van der Waals surface area contributed by atoms with E-state index in [0.717, 1.165) is 5.56 Å². The number of hydrogen-bond donors (Lipinski definition) is 4. The minimum atomic E-state index is -0.892. The Morgan fingerprint density at radius 1 is 0.938 bits per heavy atom. The van der Waals surface area contributed by atoms with Crippen molar-refractivity contribution in [2.75, 3.05) is 6.54 Å². The molecule has 0 aliphatic carbocycles. The fourth-order valence-corrected chi connectivity index (χ4v) is 3.38. The summed E-state index contributed by atoms with van der Waals surface area (Å²) in [5.74, 6) is -1.52. The van der Waals surface area contributed by atoms with Gasteiger partial charge in [-0.05, 0) is 24.8 Å². The zero-order valence-electron chi connectivity index (χ0n) is 19.0. The van der Waals surface area contributed by atoms with Crippen LogP contribution in [0.4, 0.5) is 0 Å². The van der Waals surface area contributed by atoms with Gasteiger partial charge in [-0.1, -0.05) is 62.8 Å². The Bertz CT molecular complexity index is 825. The molecule has 4 amide bonds. The van der Waals surface area contributed by atoms with Crippen LogP contribution in [0.2, 0.25) is 0 Å². The molecule has 0 bridgehead atoms. The van der Waals surface area contributed by atoms with Gasteiger partial charge in [0.05, 0.1) is 0 Å². The molecule has 0 saturated carbocycles. The first-order valence-corrected chi connectivity index (χ1v) is 11.2. The Balaban J connectivity index is 2.30. The smallest absolute Gasteiger partial charge is 0.243 e. The van der Waals surface area contributed by atoms with E-state index in [1.807, 2.05) is 50.3 Å². The topological polar surface area (TPSA) is 116 Å². The highest BCUT2D eigenvalue weighted by atomic mass is 16.2. The monoisotopic (exact) mass is 442 g/mol. The van der Waals surface area contributed by atoms with E-state index in [2.05, 4.69) is 21.3 Å². The van der Waals surface area contributed by atoms with Crippen molar-refractivity contribution in [3.05, 3.63) is 48.0 Å². The molecule has 0 fully saturated rings. The van der Waals surface area contributed by atoms with Gasteiger partial charge in [0.15, 0.2) is 0 Å². The Morgan fingerprint density at radius 3 is 2.34 bits per heavy atom. The second-order valence-electron chi connectivity index (χ2n) is 8.17. The number of carbonyl (C=O) groups excluding carboxylic acids is 4. The van der Waals surface area contributed by atoms with Gasteiger partial charge in [0.1, 0.15) is 18.1 Å². The minimum absolute atomic E-state index is 0.0897. The van der Waals surface area contributed by atoms with E-state index in [9.17, 15) is 19.2 Å². The Morgan fingerprint density at radius 2 is 1.66 bits per heavy atom. The Hall–Kier alpha value is -3.16. The molecule has 0 radical (unpaired) electrons. The molecule has 8 heteroatoms. The lowest BCUT2D eigenvalue weighted by molar-refractivity contribution is -0.134. The van der Waals surface area contributed by atoms with Gasteiger partial charge in [-0.3, -0.25) is 19.2 Å². The maximum absolute atomic E-state index is 13.2. The lowest BCUT2D eigenvalue weighted by atomic mass is 9.97. The summed E-state index contributed by atoms with van der Waals surface area (Å²) in [7, 11) is 0. The maximum Gasteiger partial charge on any atom is 0.243 e. The van der Waals surface area contributed by atoms with Crippen LogP contribution < -0.4 is 21.3 Å². The van der Waals surface area contributed by atoms with E-state index in [1.165, 1.54) is 0 Å². The third-order valence-electron chi connectivity index (χ3n) is 5.58. The molecular formula is C24H34N4O4. The Labute approximate surface area is 189 Å². The number of hydrogen-bond acceptors (Lipinski definition) is 4. The summed E-state index contributed by atoms with van der Waals surface area (Å²) in [5.41, 5.74) is 0.869. The summed E-state index contributed by atoms with van der Waals surface area (Å²) in [5, 5.41) is 11.1. The zero-order chi connectivity index (χ0) is 23.5. The fourth-order valence-electron chi connectivity index (χ4n) is 3.38. The van der Waals surface area contributed by atoms with Crippen LogP contribution in [0.3, 0.4) is 0 Å². The van der Waals surface area contributed by atoms with Gasteiger partial charge in [0.2, 0.25) is 23.6 Å². The van der Waals surface area contributed by atoms with Crippen molar-refractivity contribution in [1.29, 1.82) is 0 Å². The molecule has 32 heavy (non-hydrogen) atoms. The van der Waals surface area contributed by atoms with Crippen LogP contribution in [0.1, 0.15) is 45.6 Å². The maximum atomic E-state index is 13.2. The van der Waals surface area contributed by atoms with E-state index in [1.54, 1.807) is 13.0 Å². The number of amides is 4. The molecule has 4 atom stereocenters. The van der Waals surface area contributed by atoms with Crippen LogP contribution in [0, 0.1) is 5.92 Å². The lowest BCUT2D eigenvalue weighted by Gasteiger charge is -2.27. The Kier molecular flexibility index (Phi) is 9.91. The molecule has 1 aliphatic heterocycles. The summed E-state index contributed by atoms with van der Waals surface area (Å²) >= 11 is 0. The van der Waals surface area contributed by atoms with Gasteiger partial charge >= 0.3 is 0 Å². The van der Waals surface area contributed by atoms with Gasteiger partial charge in [0.25, 0.3) is 0 Å². The molecule has 8 nitrogen and oxygen atoms in total. The minimum Gasteiger partial charge on any atom is -0.351 e. The van der Waals surface area contributed by atoms with Gasteiger partial charge in [-0.15, -0.1) is 0 Å². The summed E-state index contributed by atoms with van der Waals surface area (Å²) in [6, 6.07) is 6.92. The first-order chi connectivity index (χ1) is 15.3. The van der Waals surface area contributed by atoms with Gasteiger partial charge in [-0.25, -0.2) is 0 Å². The van der Waals surface area contributed by atoms with Crippen molar-refractivity contribution in [3.8, 4) is 0 Å². The molecule has 0 spiro atoms. The average Bonchev–Trinajstić information content (AvgIpc) is 2.78. The van der Waals surface area contributed by atoms with Gasteiger partial charge in [0, 0.05) is 19.4 Å². The van der Waals surface area contributed by atoms with Crippen molar-refractivity contribution >= 4 is 23.6 Å². The van der Waals surface area contributed by atoms with E-state index >= 15 is 0 Å². The predicted molar refractivity (Wildman–Crippen MR) is 122 cm³/mol. The largest absolute Gasteiger partial charge is 0.351 e. The molecule has 0 unspecified atom stereocenters. The lowest BCUT2D eigenvalue weighted by Crippen LogP contribution is -2.58. The van der Waals surface area contributed by atoms with Crippen LogP contribution in [-0.4, -0.2) is 48.3 Å². The second kappa shape index (κ2) is 12.6. The van der Waals surface area contributed by atoms with Crippen molar-refractivity contribution in [2.24, 2.45) is 5.92 Å². The average molecular weight is 443 g/mol. The van der Waals surface area contributed by atoms with E-state index in [-0.39, 0.29) is 30.6 Å². The molecule has 1 aliphatic rings. The van der Waals surface area contributed by atoms with Crippen LogP contribution in [0.25, 0.3) is 0 Å². The number of rotatable bonds is 4. The van der Waals surface area contributed by atoms with E-state index < -0.39 is 29.9 Å². The molecule has 174 valence electrons. The first kappa shape index (κ1) is 25.1. The van der Waals surface area contributed by atoms with Crippen molar-refractivity contribution in [3.63, 3.8) is 0 Å². The van der Waals surface area contributed by atoms with E-state index in [0.29, 0.717) is 19.4 Å². The molecule has 0 saturated heterocycles. The van der Waals surface area contributed by atoms with Gasteiger partial charge < -0.3 is 21.3 Å². The molecule has 1 aromatic carbocycles. The molecular weight excluding hydrogens is 408 g/mol. The zero-order valence-corrected chi connectivity index (χ0v) is 19.0. The summed E-state index contributed by atoms with van der Waals surface area (Å²) in [4.78, 5) is 50.8. The third kappa shape index (κ3) is 7.83. The van der Waals surface area contributed by atoms with E-state index in [4.69, 9.17) is 0 Å². The van der Waals surface area contributed by atoms with Crippen molar-refractivity contribution in [2.45, 2.75) is 64.6 Å². The highest BCUT2D eigenvalue weighted by molar-refractivity contribution is 5.94. The fraction of sp³-hybridized carbons (Fsp3) is 0.500. The number of allylic oxidation sites excluding steroid dienone is 1. The van der Waals surface area contributed by atoms with Gasteiger partial charge in [-0.2, -0.15) is 0 Å². The SMILES string of the molecule is CC[C@H](C)[C@@H]1NC(=O)[C@H](Cc2ccccc2)NC(=O)[C@H](C)NC(=O)CC/C=C\CNC1=O. The van der Waals surface area contributed by atoms with Crippen LogP contribution in [-0.2, 0) is 25.6 Å². The summed E-state index contributed by atoms with van der Waals surface area (Å²) < 4.78 is 0. The highest BCUT2D eigenvalue weighted by Gasteiger charge is 2.30. The summed E-state index contributed by atoms with van der Waals surface area (Å²) in [6.45, 7) is 5.75. The first-order valence-electron chi connectivity index (χ1n) is 11.2. The molecule has 2 rings (SSSR count). The van der Waals surface area contributed by atoms with Crippen LogP contribution in [0.15, 0.2) is 42.5 Å². The predicted octanol–water partition coefficient (Wildman–Crippen LogP) is 1.22.